The maximum absolute atomic E-state index is 13.1. The second kappa shape index (κ2) is 7.84. The minimum absolute atomic E-state index is 0.000790. The third-order valence-electron chi connectivity index (χ3n) is 5.11. The zero-order valence-corrected chi connectivity index (χ0v) is 17.7. The number of nitrogens with one attached hydrogen (secondary N) is 1. The van der Waals surface area contributed by atoms with E-state index in [1.54, 1.807) is 23.8 Å². The van der Waals surface area contributed by atoms with E-state index in [2.05, 4.69) is 5.32 Å². The first-order valence-corrected chi connectivity index (χ1v) is 10.0. The summed E-state index contributed by atoms with van der Waals surface area (Å²) in [5, 5.41) is 3.40. The van der Waals surface area contributed by atoms with Crippen molar-refractivity contribution in [2.24, 2.45) is 0 Å². The number of aromatic nitrogens is 3. The minimum Gasteiger partial charge on any atom is -0.495 e. The zero-order chi connectivity index (χ0) is 21.4. The Kier molecular flexibility index (Phi) is 5.22. The fraction of sp³-hybridized carbons (Fsp3) is 0.227. The molecule has 4 aromatic rings. The Morgan fingerprint density at radius 1 is 1.23 bits per heavy atom. The smallest absolute Gasteiger partial charge is 0.257 e. The van der Waals surface area contributed by atoms with Gasteiger partial charge < -0.3 is 15.8 Å². The lowest BCUT2D eigenvalue weighted by molar-refractivity contribution is 0.0941. The summed E-state index contributed by atoms with van der Waals surface area (Å²) < 4.78 is 6.95. The summed E-state index contributed by atoms with van der Waals surface area (Å²) in [6.07, 6.45) is 0.799. The van der Waals surface area contributed by atoms with Gasteiger partial charge in [-0.05, 0) is 43.7 Å². The summed E-state index contributed by atoms with van der Waals surface area (Å²) in [6, 6.07) is 12.8. The summed E-state index contributed by atoms with van der Waals surface area (Å²) >= 11 is 6.34. The van der Waals surface area contributed by atoms with Crippen LogP contribution in [-0.4, -0.2) is 33.6 Å². The van der Waals surface area contributed by atoms with Crippen molar-refractivity contribution >= 4 is 45.5 Å². The van der Waals surface area contributed by atoms with Gasteiger partial charge in [-0.1, -0.05) is 30.7 Å². The Balaban J connectivity index is 2.02. The maximum Gasteiger partial charge on any atom is 0.257 e. The predicted molar refractivity (Wildman–Crippen MR) is 120 cm³/mol. The van der Waals surface area contributed by atoms with Crippen molar-refractivity contribution in [3.05, 3.63) is 53.1 Å². The Hall–Kier alpha value is -3.32. The van der Waals surface area contributed by atoms with E-state index >= 15 is 0 Å². The predicted octanol–water partition coefficient (Wildman–Crippen LogP) is 4.35. The molecule has 3 N–H and O–H groups in total. The highest BCUT2D eigenvalue weighted by molar-refractivity contribution is 6.32. The van der Waals surface area contributed by atoms with Crippen molar-refractivity contribution in [2.75, 3.05) is 12.8 Å². The van der Waals surface area contributed by atoms with Gasteiger partial charge >= 0.3 is 0 Å². The lowest BCUT2D eigenvalue weighted by atomic mass is 10.2. The lowest BCUT2D eigenvalue weighted by Gasteiger charge is -2.12. The first kappa shape index (κ1) is 20.0. The van der Waals surface area contributed by atoms with Crippen molar-refractivity contribution in [2.45, 2.75) is 26.3 Å². The van der Waals surface area contributed by atoms with Crippen LogP contribution in [0.15, 0.2) is 42.5 Å². The molecular weight excluding hydrogens is 402 g/mol. The van der Waals surface area contributed by atoms with Crippen LogP contribution in [-0.2, 0) is 0 Å². The Morgan fingerprint density at radius 2 is 1.93 bits per heavy atom. The SMILES string of the molecule is CCC(C)NC(=O)c1c(N)n(-c2ccc(OC)c(Cl)c2)c2nc3ccccc3nc12. The summed E-state index contributed by atoms with van der Waals surface area (Å²) in [6.45, 7) is 3.95. The molecule has 0 saturated carbocycles. The molecule has 0 bridgehead atoms. The number of hydrogen-bond acceptors (Lipinski definition) is 5. The van der Waals surface area contributed by atoms with E-state index in [9.17, 15) is 4.79 Å². The van der Waals surface area contributed by atoms with Crippen LogP contribution in [0.4, 0.5) is 5.82 Å². The quantitative estimate of drug-likeness (QED) is 0.497. The van der Waals surface area contributed by atoms with Crippen molar-refractivity contribution < 1.29 is 9.53 Å². The van der Waals surface area contributed by atoms with E-state index in [1.807, 2.05) is 44.2 Å². The monoisotopic (exact) mass is 423 g/mol. The summed E-state index contributed by atoms with van der Waals surface area (Å²) in [7, 11) is 1.55. The minimum atomic E-state index is -0.283. The Morgan fingerprint density at radius 3 is 2.57 bits per heavy atom. The summed E-state index contributed by atoms with van der Waals surface area (Å²) in [5.74, 6) is 0.513. The summed E-state index contributed by atoms with van der Waals surface area (Å²) in [4.78, 5) is 22.5. The van der Waals surface area contributed by atoms with Crippen LogP contribution >= 0.6 is 11.6 Å². The number of anilines is 1. The van der Waals surface area contributed by atoms with Gasteiger partial charge in [0.15, 0.2) is 5.65 Å². The number of nitrogens with zero attached hydrogens (tertiary/aromatic N) is 3. The maximum atomic E-state index is 13.1. The number of benzene rings is 2. The standard InChI is InChI=1S/C22H22ClN5O2/c1-4-12(2)25-22(29)18-19-21(27-16-8-6-5-7-15(16)26-19)28(20(18)24)13-9-10-17(30-3)14(23)11-13/h5-12H,4,24H2,1-3H3,(H,25,29). The second-order valence-corrected chi connectivity index (χ2v) is 7.49. The topological polar surface area (TPSA) is 95.1 Å². The van der Waals surface area contributed by atoms with Crippen LogP contribution in [0.3, 0.4) is 0 Å². The van der Waals surface area contributed by atoms with Crippen LogP contribution in [0.1, 0.15) is 30.6 Å². The normalized spacial score (nSPS) is 12.3. The number of para-hydroxylation sites is 2. The van der Waals surface area contributed by atoms with Crippen LogP contribution in [0, 0.1) is 0 Å². The third kappa shape index (κ3) is 3.31. The molecule has 0 fully saturated rings. The molecule has 0 aliphatic heterocycles. The van der Waals surface area contributed by atoms with Crippen LogP contribution in [0.2, 0.25) is 5.02 Å². The molecule has 4 rings (SSSR count). The van der Waals surface area contributed by atoms with E-state index in [4.69, 9.17) is 32.0 Å². The number of carbonyl (C=O) groups is 1. The molecule has 7 nitrogen and oxygen atoms in total. The van der Waals surface area contributed by atoms with Crippen LogP contribution in [0.5, 0.6) is 5.75 Å². The number of halogens is 1. The number of methoxy groups -OCH3 is 1. The van der Waals surface area contributed by atoms with E-state index in [1.165, 1.54) is 0 Å². The number of hydrogen-bond donors (Lipinski definition) is 2. The molecule has 2 aromatic carbocycles. The van der Waals surface area contributed by atoms with Gasteiger partial charge in [-0.3, -0.25) is 9.36 Å². The van der Waals surface area contributed by atoms with E-state index in [0.717, 1.165) is 6.42 Å². The number of nitrogens with two attached hydrogens (primary N) is 1. The highest BCUT2D eigenvalue weighted by atomic mass is 35.5. The summed E-state index contributed by atoms with van der Waals surface area (Å²) in [5.41, 5.74) is 9.79. The van der Waals surface area contributed by atoms with Crippen LogP contribution < -0.4 is 15.8 Å². The molecule has 8 heteroatoms. The molecule has 0 aliphatic carbocycles. The highest BCUT2D eigenvalue weighted by Gasteiger charge is 2.25. The van der Waals surface area contributed by atoms with Gasteiger partial charge in [0, 0.05) is 6.04 Å². The van der Waals surface area contributed by atoms with Crippen LogP contribution in [0.25, 0.3) is 27.9 Å². The van der Waals surface area contributed by atoms with Crippen molar-refractivity contribution in [1.82, 2.24) is 19.9 Å². The molecule has 1 atom stereocenters. The molecule has 30 heavy (non-hydrogen) atoms. The van der Waals surface area contributed by atoms with Gasteiger partial charge in [0.05, 0.1) is 28.9 Å². The number of rotatable bonds is 5. The van der Waals surface area contributed by atoms with Gasteiger partial charge in [0.1, 0.15) is 22.6 Å². The Labute approximate surface area is 178 Å². The van der Waals surface area contributed by atoms with E-state index in [0.29, 0.717) is 44.2 Å². The Bertz CT molecular complexity index is 1270. The molecule has 1 amide bonds. The molecule has 1 unspecified atom stereocenters. The highest BCUT2D eigenvalue weighted by Crippen LogP contribution is 2.34. The number of ether oxygens (including phenoxy) is 1. The van der Waals surface area contributed by atoms with Crippen molar-refractivity contribution in [1.29, 1.82) is 0 Å². The molecule has 0 spiro atoms. The molecule has 154 valence electrons. The second-order valence-electron chi connectivity index (χ2n) is 7.08. The molecule has 2 aromatic heterocycles. The molecule has 0 saturated heterocycles. The first-order valence-electron chi connectivity index (χ1n) is 9.66. The van der Waals surface area contributed by atoms with Gasteiger partial charge in [-0.2, -0.15) is 0 Å². The molecule has 2 heterocycles. The molecular formula is C22H22ClN5O2. The van der Waals surface area contributed by atoms with Gasteiger partial charge in [-0.25, -0.2) is 9.97 Å². The van der Waals surface area contributed by atoms with Gasteiger partial charge in [-0.15, -0.1) is 0 Å². The number of nitrogen functional groups attached to an aromatic ring is 1. The number of carbonyl (C=O) groups excluding carboxylic acids is 1. The lowest BCUT2D eigenvalue weighted by Crippen LogP contribution is -2.32. The fourth-order valence-electron chi connectivity index (χ4n) is 3.34. The molecule has 0 aliphatic rings. The third-order valence-corrected chi connectivity index (χ3v) is 5.40. The van der Waals surface area contributed by atoms with Crippen molar-refractivity contribution in [3.8, 4) is 11.4 Å². The first-order chi connectivity index (χ1) is 14.4. The average molecular weight is 424 g/mol. The van der Waals surface area contributed by atoms with E-state index in [-0.39, 0.29) is 17.8 Å². The number of amides is 1. The average Bonchev–Trinajstić information content (AvgIpc) is 3.02. The molecule has 0 radical (unpaired) electrons. The zero-order valence-electron chi connectivity index (χ0n) is 16.9. The fourth-order valence-corrected chi connectivity index (χ4v) is 3.59. The van der Waals surface area contributed by atoms with Crippen molar-refractivity contribution in [3.63, 3.8) is 0 Å². The number of fused-ring (bicyclic) bond motifs is 2. The van der Waals surface area contributed by atoms with Gasteiger partial charge in [0.2, 0.25) is 0 Å². The largest absolute Gasteiger partial charge is 0.495 e. The van der Waals surface area contributed by atoms with Gasteiger partial charge in [0.25, 0.3) is 5.91 Å². The van der Waals surface area contributed by atoms with E-state index < -0.39 is 0 Å².